The molecule has 2 aromatic carbocycles. The summed E-state index contributed by atoms with van der Waals surface area (Å²) in [5.41, 5.74) is 4.52. The number of aliphatic carboxylic acids is 1. The lowest BCUT2D eigenvalue weighted by Gasteiger charge is -2.29. The molecule has 1 aliphatic carbocycles. The highest BCUT2D eigenvalue weighted by atomic mass is 16.5. The minimum absolute atomic E-state index is 0.0640. The number of amides is 1. The second-order valence-electron chi connectivity index (χ2n) is 8.58. The van der Waals surface area contributed by atoms with Crippen molar-refractivity contribution >= 4 is 12.1 Å². The van der Waals surface area contributed by atoms with E-state index >= 15 is 0 Å². The van der Waals surface area contributed by atoms with Gasteiger partial charge in [0.05, 0.1) is 6.10 Å². The van der Waals surface area contributed by atoms with E-state index in [2.05, 4.69) is 22.3 Å². The summed E-state index contributed by atoms with van der Waals surface area (Å²) in [5, 5.41) is 21.6. The Labute approximate surface area is 188 Å². The molecule has 3 N–H and O–H groups in total. The lowest BCUT2D eigenvalue weighted by atomic mass is 9.98. The third kappa shape index (κ3) is 5.11. The van der Waals surface area contributed by atoms with E-state index in [1.807, 2.05) is 36.4 Å². The lowest BCUT2D eigenvalue weighted by molar-refractivity contribution is -0.139. The Bertz CT molecular complexity index is 909. The van der Waals surface area contributed by atoms with Crippen LogP contribution in [0.3, 0.4) is 0 Å². The standard InChI is InChI=1S/C25H30N2O5/c28-17-11-14-27(15-12-17)13-5-10-23(24(29)30)26-25(31)32-16-22-20-8-3-1-6-18(20)19-7-2-4-9-21(19)22/h1-4,6-9,17,22-23,28H,5,10-16H2,(H,26,31)(H,29,30). The summed E-state index contributed by atoms with van der Waals surface area (Å²) in [6, 6.07) is 15.2. The van der Waals surface area contributed by atoms with Gasteiger partial charge in [-0.3, -0.25) is 0 Å². The molecule has 0 spiro atoms. The van der Waals surface area contributed by atoms with Crippen molar-refractivity contribution in [2.45, 2.75) is 43.7 Å². The molecule has 0 radical (unpaired) electrons. The van der Waals surface area contributed by atoms with Gasteiger partial charge in [0.25, 0.3) is 0 Å². The van der Waals surface area contributed by atoms with Crippen LogP contribution >= 0.6 is 0 Å². The molecule has 1 amide bonds. The molecule has 0 aromatic heterocycles. The SMILES string of the molecule is O=C(NC(CCCN1CCC(O)CC1)C(=O)O)OCC1c2ccccc2-c2ccccc21. The number of hydrogen-bond donors (Lipinski definition) is 3. The van der Waals surface area contributed by atoms with Gasteiger partial charge in [0.1, 0.15) is 12.6 Å². The van der Waals surface area contributed by atoms with Crippen LogP contribution in [0.15, 0.2) is 48.5 Å². The quantitative estimate of drug-likeness (QED) is 0.585. The van der Waals surface area contributed by atoms with Gasteiger partial charge in [0.2, 0.25) is 0 Å². The predicted molar refractivity (Wildman–Crippen MR) is 121 cm³/mol. The Morgan fingerprint density at radius 3 is 2.22 bits per heavy atom. The fourth-order valence-corrected chi connectivity index (χ4v) is 4.70. The van der Waals surface area contributed by atoms with Crippen LogP contribution in [0.1, 0.15) is 42.7 Å². The molecule has 1 aliphatic heterocycles. The van der Waals surface area contributed by atoms with Gasteiger partial charge in [-0.2, -0.15) is 0 Å². The molecule has 1 fully saturated rings. The largest absolute Gasteiger partial charge is 0.480 e. The molecule has 2 aliphatic rings. The minimum Gasteiger partial charge on any atom is -0.480 e. The van der Waals surface area contributed by atoms with E-state index in [1.54, 1.807) is 0 Å². The maximum absolute atomic E-state index is 12.4. The van der Waals surface area contributed by atoms with Crippen molar-refractivity contribution in [2.24, 2.45) is 0 Å². The smallest absolute Gasteiger partial charge is 0.407 e. The zero-order valence-electron chi connectivity index (χ0n) is 18.1. The number of carbonyl (C=O) groups excluding carboxylic acids is 1. The summed E-state index contributed by atoms with van der Waals surface area (Å²) in [6.45, 7) is 2.54. The number of carbonyl (C=O) groups is 2. The van der Waals surface area contributed by atoms with E-state index < -0.39 is 18.1 Å². The molecule has 4 rings (SSSR count). The van der Waals surface area contributed by atoms with E-state index in [4.69, 9.17) is 4.74 Å². The van der Waals surface area contributed by atoms with Gasteiger partial charge in [-0.1, -0.05) is 48.5 Å². The van der Waals surface area contributed by atoms with E-state index in [1.165, 1.54) is 0 Å². The second-order valence-corrected chi connectivity index (χ2v) is 8.58. The number of carboxylic acid groups (broad SMARTS) is 1. The molecule has 170 valence electrons. The summed E-state index contributed by atoms with van der Waals surface area (Å²) in [4.78, 5) is 26.3. The number of piperidine rings is 1. The average molecular weight is 439 g/mol. The summed E-state index contributed by atoms with van der Waals surface area (Å²) in [6.07, 6.45) is 1.55. The summed E-state index contributed by atoms with van der Waals surface area (Å²) in [7, 11) is 0. The maximum Gasteiger partial charge on any atom is 0.407 e. The number of carboxylic acids is 1. The highest BCUT2D eigenvalue weighted by Gasteiger charge is 2.29. The maximum atomic E-state index is 12.4. The summed E-state index contributed by atoms with van der Waals surface area (Å²) >= 11 is 0. The third-order valence-electron chi connectivity index (χ3n) is 6.46. The Morgan fingerprint density at radius 1 is 1.03 bits per heavy atom. The van der Waals surface area contributed by atoms with Crippen molar-refractivity contribution in [3.63, 3.8) is 0 Å². The molecule has 1 atom stereocenters. The molecular weight excluding hydrogens is 408 g/mol. The molecule has 1 saturated heterocycles. The van der Waals surface area contributed by atoms with E-state index in [-0.39, 0.29) is 18.6 Å². The van der Waals surface area contributed by atoms with E-state index in [0.29, 0.717) is 12.8 Å². The van der Waals surface area contributed by atoms with Crippen LogP contribution in [0.2, 0.25) is 0 Å². The molecule has 7 heteroatoms. The predicted octanol–water partition coefficient (Wildman–Crippen LogP) is 3.22. The molecular formula is C25H30N2O5. The van der Waals surface area contributed by atoms with Gasteiger partial charge >= 0.3 is 12.1 Å². The minimum atomic E-state index is -1.06. The Balaban J connectivity index is 1.29. The fraction of sp³-hybridized carbons (Fsp3) is 0.440. The third-order valence-corrected chi connectivity index (χ3v) is 6.46. The number of rotatable bonds is 8. The van der Waals surface area contributed by atoms with Crippen LogP contribution in [-0.4, -0.2) is 65.6 Å². The van der Waals surface area contributed by atoms with Crippen LogP contribution in [0.5, 0.6) is 0 Å². The van der Waals surface area contributed by atoms with Crippen molar-refractivity contribution < 1.29 is 24.5 Å². The Kier molecular flexibility index (Phi) is 7.07. The fourth-order valence-electron chi connectivity index (χ4n) is 4.70. The zero-order valence-corrected chi connectivity index (χ0v) is 18.1. The number of aliphatic hydroxyl groups excluding tert-OH is 1. The van der Waals surface area contributed by atoms with Crippen LogP contribution in [0, 0.1) is 0 Å². The van der Waals surface area contributed by atoms with Gasteiger partial charge in [0, 0.05) is 19.0 Å². The van der Waals surface area contributed by atoms with Crippen molar-refractivity contribution in [3.05, 3.63) is 59.7 Å². The molecule has 1 heterocycles. The van der Waals surface area contributed by atoms with Crippen molar-refractivity contribution in [1.29, 1.82) is 0 Å². The number of nitrogens with zero attached hydrogens (tertiary/aromatic N) is 1. The number of nitrogens with one attached hydrogen (secondary N) is 1. The second kappa shape index (κ2) is 10.1. The number of alkyl carbamates (subject to hydrolysis) is 1. The molecule has 2 aromatic rings. The molecule has 32 heavy (non-hydrogen) atoms. The first kappa shape index (κ1) is 22.3. The molecule has 0 bridgehead atoms. The van der Waals surface area contributed by atoms with Crippen LogP contribution in [-0.2, 0) is 9.53 Å². The Morgan fingerprint density at radius 2 is 1.62 bits per heavy atom. The lowest BCUT2D eigenvalue weighted by Crippen LogP contribution is -2.42. The number of fused-ring (bicyclic) bond motifs is 3. The first-order valence-electron chi connectivity index (χ1n) is 11.3. The van der Waals surface area contributed by atoms with Crippen molar-refractivity contribution in [2.75, 3.05) is 26.2 Å². The topological polar surface area (TPSA) is 99.1 Å². The number of aliphatic hydroxyl groups is 1. The number of ether oxygens (including phenoxy) is 1. The van der Waals surface area contributed by atoms with Gasteiger partial charge in [-0.25, -0.2) is 9.59 Å². The van der Waals surface area contributed by atoms with Gasteiger partial charge < -0.3 is 25.2 Å². The first-order chi connectivity index (χ1) is 15.5. The Hall–Kier alpha value is -2.90. The number of likely N-dealkylation sites (tertiary alicyclic amines) is 1. The average Bonchev–Trinajstić information content (AvgIpc) is 3.12. The zero-order chi connectivity index (χ0) is 22.5. The van der Waals surface area contributed by atoms with Crippen LogP contribution in [0.25, 0.3) is 11.1 Å². The normalized spacial score (nSPS) is 17.4. The molecule has 7 nitrogen and oxygen atoms in total. The van der Waals surface area contributed by atoms with Crippen molar-refractivity contribution in [3.8, 4) is 11.1 Å². The highest BCUT2D eigenvalue weighted by molar-refractivity contribution is 5.81. The molecule has 0 saturated carbocycles. The van der Waals surface area contributed by atoms with Crippen LogP contribution in [0.4, 0.5) is 4.79 Å². The van der Waals surface area contributed by atoms with E-state index in [9.17, 15) is 19.8 Å². The summed E-state index contributed by atoms with van der Waals surface area (Å²) < 4.78 is 5.48. The monoisotopic (exact) mass is 438 g/mol. The van der Waals surface area contributed by atoms with Crippen LogP contribution < -0.4 is 5.32 Å². The van der Waals surface area contributed by atoms with Crippen molar-refractivity contribution in [1.82, 2.24) is 10.2 Å². The van der Waals surface area contributed by atoms with Gasteiger partial charge in [-0.05, 0) is 54.5 Å². The molecule has 1 unspecified atom stereocenters. The number of benzene rings is 2. The van der Waals surface area contributed by atoms with Gasteiger partial charge in [-0.15, -0.1) is 0 Å². The van der Waals surface area contributed by atoms with E-state index in [0.717, 1.165) is 54.7 Å². The summed E-state index contributed by atoms with van der Waals surface area (Å²) in [5.74, 6) is -1.13. The highest BCUT2D eigenvalue weighted by Crippen LogP contribution is 2.44. The first-order valence-corrected chi connectivity index (χ1v) is 11.3. The van der Waals surface area contributed by atoms with Gasteiger partial charge in [0.15, 0.2) is 0 Å². The number of hydrogen-bond acceptors (Lipinski definition) is 5.